The molecule has 0 bridgehead atoms. The number of aromatic nitrogens is 5. The number of rotatable bonds is 7. The van der Waals surface area contributed by atoms with Crippen molar-refractivity contribution in [1.29, 1.82) is 5.26 Å². The minimum atomic E-state index is 0.471. The van der Waals surface area contributed by atoms with Gasteiger partial charge in [0.15, 0.2) is 11.6 Å². The van der Waals surface area contributed by atoms with Crippen molar-refractivity contribution in [3.8, 4) is 73.9 Å². The zero-order valence-corrected chi connectivity index (χ0v) is 34.5. The van der Waals surface area contributed by atoms with Crippen LogP contribution in [0.5, 0.6) is 0 Å². The van der Waals surface area contributed by atoms with Gasteiger partial charge < -0.3 is 4.57 Å². The summed E-state index contributed by atoms with van der Waals surface area (Å²) in [6.45, 7) is 0. The van der Waals surface area contributed by atoms with Crippen molar-refractivity contribution in [3.63, 3.8) is 0 Å². The third kappa shape index (κ3) is 6.14. The van der Waals surface area contributed by atoms with Gasteiger partial charge in [0.05, 0.1) is 39.4 Å². The summed E-state index contributed by atoms with van der Waals surface area (Å²) in [5, 5.41) is 14.5. The van der Waals surface area contributed by atoms with Crippen LogP contribution in [0, 0.1) is 11.3 Å². The highest BCUT2D eigenvalue weighted by Gasteiger charge is 2.22. The van der Waals surface area contributed by atoms with Gasteiger partial charge in [0.2, 0.25) is 5.95 Å². The van der Waals surface area contributed by atoms with E-state index in [9.17, 15) is 5.26 Å². The third-order valence-corrected chi connectivity index (χ3v) is 12.2. The van der Waals surface area contributed by atoms with Gasteiger partial charge in [-0.2, -0.15) is 15.2 Å². The molecule has 0 unspecified atom stereocenters. The summed E-state index contributed by atoms with van der Waals surface area (Å²) >= 11 is 0. The monoisotopic (exact) mass is 816 g/mol. The van der Waals surface area contributed by atoms with Crippen LogP contribution in [-0.2, 0) is 0 Å². The molecule has 0 amide bonds. The molecule has 0 fully saturated rings. The van der Waals surface area contributed by atoms with Gasteiger partial charge in [0.1, 0.15) is 0 Å². The van der Waals surface area contributed by atoms with E-state index in [0.717, 1.165) is 83.0 Å². The van der Waals surface area contributed by atoms with Crippen LogP contribution in [0.15, 0.2) is 218 Å². The molecule has 0 aliphatic rings. The Bertz CT molecular complexity index is 3750. The molecule has 9 aromatic carbocycles. The van der Waals surface area contributed by atoms with Crippen LogP contribution in [0.25, 0.3) is 111 Å². The largest absolute Gasteiger partial charge is 0.309 e. The summed E-state index contributed by atoms with van der Waals surface area (Å²) in [6.07, 6.45) is 0. The van der Waals surface area contributed by atoms with Crippen molar-refractivity contribution >= 4 is 43.6 Å². The maximum Gasteiger partial charge on any atom is 0.238 e. The molecule has 0 atom stereocenters. The molecule has 6 nitrogen and oxygen atoms in total. The molecular formula is C58H36N6. The summed E-state index contributed by atoms with van der Waals surface area (Å²) in [5.41, 5.74) is 13.9. The van der Waals surface area contributed by atoms with Crippen LogP contribution in [0.2, 0.25) is 0 Å². The molecule has 6 heteroatoms. The summed E-state index contributed by atoms with van der Waals surface area (Å²) in [7, 11) is 0. The molecule has 0 spiro atoms. The van der Waals surface area contributed by atoms with E-state index in [1.165, 1.54) is 10.8 Å². The fraction of sp³-hybridized carbons (Fsp3) is 0. The zero-order chi connectivity index (χ0) is 42.6. The van der Waals surface area contributed by atoms with Crippen molar-refractivity contribution in [1.82, 2.24) is 24.1 Å². The third-order valence-electron chi connectivity index (χ3n) is 12.2. The molecule has 0 saturated carbocycles. The second-order valence-corrected chi connectivity index (χ2v) is 15.9. The first-order chi connectivity index (χ1) is 31.7. The standard InChI is InChI=1S/C58H36N6/c59-37-38-16-13-23-43(34-38)56-60-57(62-58(61-56)64-53-31-12-9-26-49(53)50-28-15-27-46(55(50)64)40-19-5-2-6-20-40)44-32-33-45(42-22-14-21-41(35-42)39-17-3-1-4-18-39)54(36-44)63-51-29-10-7-24-47(51)48-25-8-11-30-52(48)63/h1-36H. The number of fused-ring (bicyclic) bond motifs is 6. The van der Waals surface area contributed by atoms with Crippen LogP contribution in [0.3, 0.4) is 0 Å². The average Bonchev–Trinajstić information content (AvgIpc) is 3.90. The summed E-state index contributed by atoms with van der Waals surface area (Å²) in [6, 6.07) is 78.1. The number of hydrogen-bond donors (Lipinski definition) is 0. The van der Waals surface area contributed by atoms with Gasteiger partial charge in [-0.05, 0) is 64.7 Å². The molecule has 3 aromatic heterocycles. The van der Waals surface area contributed by atoms with Gasteiger partial charge in [0, 0.05) is 43.8 Å². The van der Waals surface area contributed by atoms with Crippen molar-refractivity contribution in [2.45, 2.75) is 0 Å². The highest BCUT2D eigenvalue weighted by atomic mass is 15.2. The van der Waals surface area contributed by atoms with Gasteiger partial charge in [-0.25, -0.2) is 4.98 Å². The first-order valence-electron chi connectivity index (χ1n) is 21.3. The molecular weight excluding hydrogens is 781 g/mol. The molecule has 0 radical (unpaired) electrons. The van der Waals surface area contributed by atoms with Crippen molar-refractivity contribution in [3.05, 3.63) is 224 Å². The normalized spacial score (nSPS) is 11.4. The van der Waals surface area contributed by atoms with Gasteiger partial charge in [-0.3, -0.25) is 4.57 Å². The van der Waals surface area contributed by atoms with E-state index in [2.05, 4.69) is 197 Å². The topological polar surface area (TPSA) is 72.3 Å². The number of benzene rings is 9. The highest BCUT2D eigenvalue weighted by molar-refractivity contribution is 6.14. The Morgan fingerprint density at radius 3 is 1.55 bits per heavy atom. The van der Waals surface area contributed by atoms with E-state index in [1.54, 1.807) is 6.07 Å². The van der Waals surface area contributed by atoms with E-state index in [1.807, 2.05) is 30.3 Å². The van der Waals surface area contributed by atoms with Crippen LogP contribution >= 0.6 is 0 Å². The molecule has 0 saturated heterocycles. The Morgan fingerprint density at radius 1 is 0.344 bits per heavy atom. The lowest BCUT2D eigenvalue weighted by molar-refractivity contribution is 0.953. The van der Waals surface area contributed by atoms with E-state index in [-0.39, 0.29) is 0 Å². The fourth-order valence-electron chi connectivity index (χ4n) is 9.31. The zero-order valence-electron chi connectivity index (χ0n) is 34.5. The summed E-state index contributed by atoms with van der Waals surface area (Å²) in [4.78, 5) is 15.9. The number of para-hydroxylation sites is 4. The maximum absolute atomic E-state index is 9.99. The predicted octanol–water partition coefficient (Wildman–Crippen LogP) is 14.3. The Kier molecular flexibility index (Phi) is 8.77. The predicted molar refractivity (Wildman–Crippen MR) is 260 cm³/mol. The molecule has 64 heavy (non-hydrogen) atoms. The van der Waals surface area contributed by atoms with Crippen LogP contribution in [0.1, 0.15) is 5.56 Å². The Labute approximate surface area is 369 Å². The molecule has 0 N–H and O–H groups in total. The number of hydrogen-bond acceptors (Lipinski definition) is 4. The molecule has 0 aliphatic carbocycles. The first kappa shape index (κ1) is 36.9. The van der Waals surface area contributed by atoms with E-state index >= 15 is 0 Å². The highest BCUT2D eigenvalue weighted by Crippen LogP contribution is 2.41. The van der Waals surface area contributed by atoms with Gasteiger partial charge in [-0.1, -0.05) is 176 Å². The lowest BCUT2D eigenvalue weighted by Gasteiger charge is -2.17. The van der Waals surface area contributed by atoms with E-state index < -0.39 is 0 Å². The van der Waals surface area contributed by atoms with Crippen LogP contribution < -0.4 is 0 Å². The van der Waals surface area contributed by atoms with Crippen LogP contribution in [-0.4, -0.2) is 24.1 Å². The molecule has 0 aliphatic heterocycles. The fourth-order valence-corrected chi connectivity index (χ4v) is 9.31. The second kappa shape index (κ2) is 15.2. The Hall–Kier alpha value is -8.92. The van der Waals surface area contributed by atoms with Crippen LogP contribution in [0.4, 0.5) is 0 Å². The smallest absolute Gasteiger partial charge is 0.238 e. The number of nitriles is 1. The van der Waals surface area contributed by atoms with E-state index in [4.69, 9.17) is 15.0 Å². The molecule has 298 valence electrons. The van der Waals surface area contributed by atoms with Crippen molar-refractivity contribution < 1.29 is 0 Å². The maximum atomic E-state index is 9.99. The molecule has 3 heterocycles. The SMILES string of the molecule is N#Cc1cccc(-c2nc(-c3ccc(-c4cccc(-c5ccccc5)c4)c(-n4c5ccccc5c5ccccc54)c3)nc(-n3c4ccccc4c4cccc(-c5ccccc5)c43)n2)c1. The summed E-state index contributed by atoms with van der Waals surface area (Å²) in [5.74, 6) is 1.46. The Balaban J connectivity index is 1.15. The van der Waals surface area contributed by atoms with Crippen molar-refractivity contribution in [2.75, 3.05) is 0 Å². The molecule has 12 rings (SSSR count). The van der Waals surface area contributed by atoms with Gasteiger partial charge in [0.25, 0.3) is 0 Å². The minimum Gasteiger partial charge on any atom is -0.309 e. The first-order valence-corrected chi connectivity index (χ1v) is 21.3. The van der Waals surface area contributed by atoms with Gasteiger partial charge >= 0.3 is 0 Å². The van der Waals surface area contributed by atoms with E-state index in [0.29, 0.717) is 23.2 Å². The average molecular weight is 817 g/mol. The Morgan fingerprint density at radius 2 is 0.859 bits per heavy atom. The number of nitrogens with zero attached hydrogens (tertiary/aromatic N) is 6. The lowest BCUT2D eigenvalue weighted by atomic mass is 9.96. The molecule has 12 aromatic rings. The second-order valence-electron chi connectivity index (χ2n) is 15.9. The van der Waals surface area contributed by atoms with Crippen molar-refractivity contribution in [2.24, 2.45) is 0 Å². The summed E-state index contributed by atoms with van der Waals surface area (Å²) < 4.78 is 4.55. The lowest BCUT2D eigenvalue weighted by Crippen LogP contribution is -2.07. The quantitative estimate of drug-likeness (QED) is 0.161. The minimum absolute atomic E-state index is 0.471. The van der Waals surface area contributed by atoms with Gasteiger partial charge in [-0.15, -0.1) is 0 Å².